The number of nitrogens with zero attached hydrogens (tertiary/aromatic N) is 1. The Labute approximate surface area is 143 Å². The van der Waals surface area contributed by atoms with Crippen molar-refractivity contribution >= 4 is 29.9 Å². The summed E-state index contributed by atoms with van der Waals surface area (Å²) in [6, 6.07) is 6.51. The van der Waals surface area contributed by atoms with Crippen LogP contribution >= 0.6 is 24.0 Å². The van der Waals surface area contributed by atoms with Crippen molar-refractivity contribution in [3.8, 4) is 0 Å². The first kappa shape index (κ1) is 20.1. The molecule has 1 aromatic rings. The van der Waals surface area contributed by atoms with Gasteiger partial charge in [-0.15, -0.1) is 24.0 Å². The predicted octanol–water partition coefficient (Wildman–Crippen LogP) is 2.17. The van der Waals surface area contributed by atoms with Crippen LogP contribution in [0.1, 0.15) is 19.4 Å². The Morgan fingerprint density at radius 2 is 1.95 bits per heavy atom. The van der Waals surface area contributed by atoms with Crippen LogP contribution in [0.2, 0.25) is 0 Å². The molecule has 0 bridgehead atoms. The van der Waals surface area contributed by atoms with E-state index in [9.17, 15) is 4.39 Å². The molecule has 0 aliphatic carbocycles. The van der Waals surface area contributed by atoms with Gasteiger partial charge in [0.1, 0.15) is 5.82 Å². The Morgan fingerprint density at radius 1 is 1.29 bits per heavy atom. The van der Waals surface area contributed by atoms with E-state index in [1.807, 2.05) is 13.8 Å². The Kier molecular flexibility index (Phi) is 11.2. The van der Waals surface area contributed by atoms with Gasteiger partial charge in [-0.2, -0.15) is 0 Å². The second kappa shape index (κ2) is 11.7. The molecular weight excluding hydrogens is 384 g/mol. The third kappa shape index (κ3) is 8.87. The van der Waals surface area contributed by atoms with E-state index in [0.29, 0.717) is 6.54 Å². The second-order valence-corrected chi connectivity index (χ2v) is 4.81. The molecule has 0 fully saturated rings. The maximum Gasteiger partial charge on any atom is 0.191 e. The number of halogens is 2. The zero-order valence-corrected chi connectivity index (χ0v) is 14.9. The zero-order chi connectivity index (χ0) is 14.8. The van der Waals surface area contributed by atoms with Crippen molar-refractivity contribution in [2.75, 3.05) is 26.2 Å². The van der Waals surface area contributed by atoms with Crippen molar-refractivity contribution in [2.45, 2.75) is 20.3 Å². The van der Waals surface area contributed by atoms with Crippen LogP contribution in [-0.2, 0) is 6.42 Å². The number of rotatable bonds is 7. The highest BCUT2D eigenvalue weighted by atomic mass is 127. The van der Waals surface area contributed by atoms with Crippen LogP contribution in [0.3, 0.4) is 0 Å². The first-order chi connectivity index (χ1) is 9.65. The molecule has 0 aromatic heterocycles. The number of aliphatic hydroxyl groups excluding tert-OH is 1. The fourth-order valence-corrected chi connectivity index (χ4v) is 1.62. The minimum Gasteiger partial charge on any atom is -0.396 e. The molecule has 6 heteroatoms. The Balaban J connectivity index is 0.00000400. The Hall–Kier alpha value is -0.890. The molecule has 4 nitrogen and oxygen atoms in total. The predicted molar refractivity (Wildman–Crippen MR) is 95.8 cm³/mol. The number of hydrogen-bond donors (Lipinski definition) is 3. The molecule has 1 atom stereocenters. The van der Waals surface area contributed by atoms with Crippen LogP contribution < -0.4 is 10.6 Å². The SMILES string of the molecule is CCNC(=NCC(C)CO)NCCc1ccc(F)cc1.I. The first-order valence-electron chi connectivity index (χ1n) is 7.03. The summed E-state index contributed by atoms with van der Waals surface area (Å²) < 4.78 is 12.8. The van der Waals surface area contributed by atoms with Gasteiger partial charge in [0.25, 0.3) is 0 Å². The average Bonchev–Trinajstić information content (AvgIpc) is 2.46. The lowest BCUT2D eigenvalue weighted by atomic mass is 10.1. The van der Waals surface area contributed by atoms with Crippen LogP contribution in [0.5, 0.6) is 0 Å². The summed E-state index contributed by atoms with van der Waals surface area (Å²) in [6.45, 7) is 6.19. The summed E-state index contributed by atoms with van der Waals surface area (Å²) in [5, 5.41) is 15.4. The molecule has 0 heterocycles. The molecule has 0 saturated carbocycles. The lowest BCUT2D eigenvalue weighted by Crippen LogP contribution is -2.38. The Bertz CT molecular complexity index is 412. The second-order valence-electron chi connectivity index (χ2n) is 4.81. The summed E-state index contributed by atoms with van der Waals surface area (Å²) in [5.41, 5.74) is 1.08. The fraction of sp³-hybridized carbons (Fsp3) is 0.533. The highest BCUT2D eigenvalue weighted by molar-refractivity contribution is 14.0. The number of hydrogen-bond acceptors (Lipinski definition) is 2. The maximum absolute atomic E-state index is 12.8. The monoisotopic (exact) mass is 409 g/mol. The summed E-state index contributed by atoms with van der Waals surface area (Å²) >= 11 is 0. The molecule has 0 spiro atoms. The van der Waals surface area contributed by atoms with Crippen LogP contribution in [0, 0.1) is 11.7 Å². The van der Waals surface area contributed by atoms with Crippen molar-refractivity contribution in [1.82, 2.24) is 10.6 Å². The number of aliphatic hydroxyl groups is 1. The van der Waals surface area contributed by atoms with Gasteiger partial charge in [-0.25, -0.2) is 4.39 Å². The van der Waals surface area contributed by atoms with Gasteiger partial charge in [0.15, 0.2) is 5.96 Å². The summed E-state index contributed by atoms with van der Waals surface area (Å²) in [4.78, 5) is 4.40. The van der Waals surface area contributed by atoms with E-state index in [2.05, 4.69) is 15.6 Å². The van der Waals surface area contributed by atoms with E-state index in [1.165, 1.54) is 12.1 Å². The minimum absolute atomic E-state index is 0. The van der Waals surface area contributed by atoms with E-state index < -0.39 is 0 Å². The summed E-state index contributed by atoms with van der Waals surface area (Å²) in [5.74, 6) is 0.687. The molecule has 0 aliphatic heterocycles. The van der Waals surface area contributed by atoms with Crippen LogP contribution in [-0.4, -0.2) is 37.3 Å². The quantitative estimate of drug-likeness (QED) is 0.368. The topological polar surface area (TPSA) is 56.7 Å². The lowest BCUT2D eigenvalue weighted by molar-refractivity contribution is 0.241. The van der Waals surface area contributed by atoms with Crippen molar-refractivity contribution in [3.05, 3.63) is 35.6 Å². The van der Waals surface area contributed by atoms with Gasteiger partial charge >= 0.3 is 0 Å². The molecule has 0 radical (unpaired) electrons. The number of guanidine groups is 1. The van der Waals surface area contributed by atoms with Crippen molar-refractivity contribution in [3.63, 3.8) is 0 Å². The maximum atomic E-state index is 12.8. The molecular formula is C15H25FIN3O. The molecule has 120 valence electrons. The molecule has 1 aromatic carbocycles. The van der Waals surface area contributed by atoms with E-state index in [4.69, 9.17) is 5.11 Å². The van der Waals surface area contributed by atoms with Gasteiger partial charge < -0.3 is 15.7 Å². The third-order valence-corrected chi connectivity index (χ3v) is 2.84. The van der Waals surface area contributed by atoms with E-state index in [1.54, 1.807) is 12.1 Å². The van der Waals surface area contributed by atoms with Gasteiger partial charge in [0.05, 0.1) is 0 Å². The average molecular weight is 409 g/mol. The first-order valence-corrected chi connectivity index (χ1v) is 7.03. The molecule has 0 aliphatic rings. The fourth-order valence-electron chi connectivity index (χ4n) is 1.62. The van der Waals surface area contributed by atoms with E-state index >= 15 is 0 Å². The van der Waals surface area contributed by atoms with Crippen molar-refractivity contribution < 1.29 is 9.50 Å². The van der Waals surface area contributed by atoms with Gasteiger partial charge in [0.2, 0.25) is 0 Å². The molecule has 21 heavy (non-hydrogen) atoms. The zero-order valence-electron chi connectivity index (χ0n) is 12.6. The molecule has 0 saturated heterocycles. The third-order valence-electron chi connectivity index (χ3n) is 2.84. The standard InChI is InChI=1S/C15H24FN3O.HI/c1-3-17-15(19-10-12(2)11-20)18-9-8-13-4-6-14(16)7-5-13;/h4-7,12,20H,3,8-11H2,1-2H3,(H2,17,18,19);1H. The van der Waals surface area contributed by atoms with Gasteiger partial charge in [-0.1, -0.05) is 19.1 Å². The normalized spacial score (nSPS) is 12.5. The highest BCUT2D eigenvalue weighted by Gasteiger charge is 2.01. The lowest BCUT2D eigenvalue weighted by Gasteiger charge is -2.12. The van der Waals surface area contributed by atoms with E-state index in [-0.39, 0.29) is 42.3 Å². The number of benzene rings is 1. The molecule has 1 rings (SSSR count). The molecule has 3 N–H and O–H groups in total. The van der Waals surface area contributed by atoms with E-state index in [0.717, 1.165) is 31.0 Å². The van der Waals surface area contributed by atoms with Gasteiger partial charge in [0, 0.05) is 26.2 Å². The smallest absolute Gasteiger partial charge is 0.191 e. The largest absolute Gasteiger partial charge is 0.396 e. The van der Waals surface area contributed by atoms with Gasteiger partial charge in [-0.05, 0) is 37.0 Å². The molecule has 0 amide bonds. The Morgan fingerprint density at radius 3 is 2.52 bits per heavy atom. The van der Waals surface area contributed by atoms with Crippen LogP contribution in [0.25, 0.3) is 0 Å². The van der Waals surface area contributed by atoms with Crippen molar-refractivity contribution in [1.29, 1.82) is 0 Å². The summed E-state index contributed by atoms with van der Waals surface area (Å²) in [7, 11) is 0. The van der Waals surface area contributed by atoms with Crippen molar-refractivity contribution in [2.24, 2.45) is 10.9 Å². The van der Waals surface area contributed by atoms with Crippen LogP contribution in [0.15, 0.2) is 29.3 Å². The molecule has 1 unspecified atom stereocenters. The summed E-state index contributed by atoms with van der Waals surface area (Å²) in [6.07, 6.45) is 0.806. The number of nitrogens with one attached hydrogen (secondary N) is 2. The van der Waals surface area contributed by atoms with Crippen LogP contribution in [0.4, 0.5) is 4.39 Å². The van der Waals surface area contributed by atoms with Gasteiger partial charge in [-0.3, -0.25) is 4.99 Å². The highest BCUT2D eigenvalue weighted by Crippen LogP contribution is 2.02. The minimum atomic E-state index is -0.213. The number of aliphatic imine (C=N–C) groups is 1.